The molecule has 1 heterocycles. The molecule has 0 saturated heterocycles. The summed E-state index contributed by atoms with van der Waals surface area (Å²) in [6, 6.07) is 17.2. The SMILES string of the molecule is CC(C)n1c(C(F)c2ccccc2)nc2ccccc21. The standard InChI is InChI=1S/C17H17FN2/c1-12(2)20-15-11-7-6-10-14(15)19-17(20)16(18)13-8-4-3-5-9-13/h3-12,16H,1-2H3. The monoisotopic (exact) mass is 268 g/mol. The van der Waals surface area contributed by atoms with Gasteiger partial charge in [-0.25, -0.2) is 9.37 Å². The van der Waals surface area contributed by atoms with Gasteiger partial charge in [0.25, 0.3) is 0 Å². The van der Waals surface area contributed by atoms with E-state index in [4.69, 9.17) is 0 Å². The third-order valence-corrected chi connectivity index (χ3v) is 3.46. The maximum absolute atomic E-state index is 14.8. The third kappa shape index (κ3) is 2.09. The van der Waals surface area contributed by atoms with E-state index in [2.05, 4.69) is 18.8 Å². The number of nitrogens with zero attached hydrogens (tertiary/aromatic N) is 2. The van der Waals surface area contributed by atoms with Crippen molar-refractivity contribution in [2.75, 3.05) is 0 Å². The van der Waals surface area contributed by atoms with Gasteiger partial charge in [-0.05, 0) is 31.5 Å². The van der Waals surface area contributed by atoms with E-state index in [1.807, 2.05) is 47.0 Å². The van der Waals surface area contributed by atoms with Crippen LogP contribution in [0.1, 0.15) is 37.4 Å². The normalized spacial score (nSPS) is 13.0. The lowest BCUT2D eigenvalue weighted by Gasteiger charge is -2.15. The molecule has 0 spiro atoms. The molecule has 0 aliphatic rings. The van der Waals surface area contributed by atoms with Crippen LogP contribution in [0, 0.1) is 0 Å². The highest BCUT2D eigenvalue weighted by molar-refractivity contribution is 5.76. The molecule has 102 valence electrons. The molecule has 1 unspecified atom stereocenters. The Hall–Kier alpha value is -2.16. The second-order valence-electron chi connectivity index (χ2n) is 5.20. The zero-order valence-corrected chi connectivity index (χ0v) is 11.6. The molecule has 3 heteroatoms. The van der Waals surface area contributed by atoms with Crippen molar-refractivity contribution >= 4 is 11.0 Å². The number of para-hydroxylation sites is 2. The lowest BCUT2D eigenvalue weighted by atomic mass is 10.1. The quantitative estimate of drug-likeness (QED) is 0.674. The summed E-state index contributed by atoms with van der Waals surface area (Å²) in [6.45, 7) is 4.10. The van der Waals surface area contributed by atoms with Crippen molar-refractivity contribution in [2.24, 2.45) is 0 Å². The van der Waals surface area contributed by atoms with Gasteiger partial charge >= 0.3 is 0 Å². The number of imidazole rings is 1. The molecule has 2 nitrogen and oxygen atoms in total. The summed E-state index contributed by atoms with van der Waals surface area (Å²) in [7, 11) is 0. The van der Waals surface area contributed by atoms with E-state index in [-0.39, 0.29) is 6.04 Å². The van der Waals surface area contributed by atoms with Gasteiger partial charge in [0.15, 0.2) is 6.17 Å². The van der Waals surface area contributed by atoms with Crippen LogP contribution in [0.5, 0.6) is 0 Å². The molecule has 0 aliphatic heterocycles. The van der Waals surface area contributed by atoms with Gasteiger partial charge in [-0.1, -0.05) is 42.5 Å². The predicted molar refractivity (Wildman–Crippen MR) is 79.5 cm³/mol. The van der Waals surface area contributed by atoms with Crippen LogP contribution in [0.2, 0.25) is 0 Å². The minimum atomic E-state index is -1.20. The van der Waals surface area contributed by atoms with E-state index in [9.17, 15) is 4.39 Å². The molecule has 0 amide bonds. The molecule has 2 aromatic carbocycles. The van der Waals surface area contributed by atoms with Crippen molar-refractivity contribution in [1.29, 1.82) is 0 Å². The molecule has 3 aromatic rings. The Morgan fingerprint density at radius 2 is 1.60 bits per heavy atom. The van der Waals surface area contributed by atoms with E-state index < -0.39 is 6.17 Å². The van der Waals surface area contributed by atoms with Crippen molar-refractivity contribution in [3.05, 3.63) is 66.0 Å². The second kappa shape index (κ2) is 5.08. The fourth-order valence-corrected chi connectivity index (χ4v) is 2.56. The van der Waals surface area contributed by atoms with Crippen LogP contribution >= 0.6 is 0 Å². The molecule has 0 N–H and O–H groups in total. The maximum Gasteiger partial charge on any atom is 0.183 e. The number of fused-ring (bicyclic) bond motifs is 1. The average Bonchev–Trinajstić information content (AvgIpc) is 2.86. The summed E-state index contributed by atoms with van der Waals surface area (Å²) in [6.07, 6.45) is -1.20. The van der Waals surface area contributed by atoms with Gasteiger partial charge in [0.05, 0.1) is 11.0 Å². The first-order chi connectivity index (χ1) is 9.68. The number of hydrogen-bond donors (Lipinski definition) is 0. The Kier molecular flexibility index (Phi) is 3.26. The average molecular weight is 268 g/mol. The van der Waals surface area contributed by atoms with Crippen molar-refractivity contribution < 1.29 is 4.39 Å². The minimum absolute atomic E-state index is 0.166. The molecule has 0 bridgehead atoms. The van der Waals surface area contributed by atoms with Crippen LogP contribution in [0.3, 0.4) is 0 Å². The summed E-state index contributed by atoms with van der Waals surface area (Å²) in [5.41, 5.74) is 2.47. The van der Waals surface area contributed by atoms with E-state index in [0.29, 0.717) is 11.4 Å². The lowest BCUT2D eigenvalue weighted by molar-refractivity contribution is 0.365. The zero-order chi connectivity index (χ0) is 14.1. The molecular formula is C17H17FN2. The van der Waals surface area contributed by atoms with E-state index in [0.717, 1.165) is 11.0 Å². The highest BCUT2D eigenvalue weighted by atomic mass is 19.1. The molecule has 20 heavy (non-hydrogen) atoms. The third-order valence-electron chi connectivity index (χ3n) is 3.46. The number of halogens is 1. The fourth-order valence-electron chi connectivity index (χ4n) is 2.56. The number of aromatic nitrogens is 2. The van der Waals surface area contributed by atoms with Crippen LogP contribution in [-0.2, 0) is 0 Å². The molecule has 0 fully saturated rings. The Balaban J connectivity index is 2.18. The van der Waals surface area contributed by atoms with E-state index >= 15 is 0 Å². The molecule has 0 aliphatic carbocycles. The van der Waals surface area contributed by atoms with Crippen LogP contribution in [0.25, 0.3) is 11.0 Å². The van der Waals surface area contributed by atoms with Gasteiger partial charge in [0.1, 0.15) is 5.82 Å². The Morgan fingerprint density at radius 1 is 0.950 bits per heavy atom. The Bertz CT molecular complexity index is 716. The zero-order valence-electron chi connectivity index (χ0n) is 11.6. The largest absolute Gasteiger partial charge is 0.323 e. The Morgan fingerprint density at radius 3 is 2.30 bits per heavy atom. The first-order valence-electron chi connectivity index (χ1n) is 6.84. The van der Waals surface area contributed by atoms with Gasteiger partial charge in [-0.15, -0.1) is 0 Å². The molecule has 0 saturated carbocycles. The van der Waals surface area contributed by atoms with Crippen LogP contribution in [0.4, 0.5) is 4.39 Å². The molecule has 1 atom stereocenters. The molecule has 1 aromatic heterocycles. The van der Waals surface area contributed by atoms with Crippen LogP contribution < -0.4 is 0 Å². The first kappa shape index (κ1) is 12.9. The van der Waals surface area contributed by atoms with Gasteiger partial charge in [0, 0.05) is 6.04 Å². The molecule has 0 radical (unpaired) electrons. The second-order valence-corrected chi connectivity index (χ2v) is 5.20. The van der Waals surface area contributed by atoms with E-state index in [1.165, 1.54) is 0 Å². The van der Waals surface area contributed by atoms with Gasteiger partial charge in [0.2, 0.25) is 0 Å². The van der Waals surface area contributed by atoms with Crippen molar-refractivity contribution in [1.82, 2.24) is 9.55 Å². The van der Waals surface area contributed by atoms with Gasteiger partial charge < -0.3 is 4.57 Å². The van der Waals surface area contributed by atoms with Gasteiger partial charge in [-0.3, -0.25) is 0 Å². The molecular weight excluding hydrogens is 251 g/mol. The summed E-state index contributed by atoms with van der Waals surface area (Å²) in [5, 5.41) is 0. The van der Waals surface area contributed by atoms with Crippen molar-refractivity contribution in [3.8, 4) is 0 Å². The predicted octanol–water partition coefficient (Wildman–Crippen LogP) is 4.68. The number of alkyl halides is 1. The summed E-state index contributed by atoms with van der Waals surface area (Å²) in [5.74, 6) is 0.479. The summed E-state index contributed by atoms with van der Waals surface area (Å²) >= 11 is 0. The Labute approximate surface area is 117 Å². The number of benzene rings is 2. The van der Waals surface area contributed by atoms with Crippen LogP contribution in [0.15, 0.2) is 54.6 Å². The highest BCUT2D eigenvalue weighted by Crippen LogP contribution is 2.30. The number of hydrogen-bond acceptors (Lipinski definition) is 1. The number of rotatable bonds is 3. The molecule has 3 rings (SSSR count). The van der Waals surface area contributed by atoms with Gasteiger partial charge in [-0.2, -0.15) is 0 Å². The highest BCUT2D eigenvalue weighted by Gasteiger charge is 2.22. The topological polar surface area (TPSA) is 17.8 Å². The smallest absolute Gasteiger partial charge is 0.183 e. The lowest BCUT2D eigenvalue weighted by Crippen LogP contribution is -2.09. The van der Waals surface area contributed by atoms with Crippen molar-refractivity contribution in [3.63, 3.8) is 0 Å². The summed E-state index contributed by atoms with van der Waals surface area (Å²) < 4.78 is 16.8. The minimum Gasteiger partial charge on any atom is -0.323 e. The maximum atomic E-state index is 14.8. The van der Waals surface area contributed by atoms with E-state index in [1.54, 1.807) is 12.1 Å². The fraction of sp³-hybridized carbons (Fsp3) is 0.235. The van der Waals surface area contributed by atoms with Crippen molar-refractivity contribution in [2.45, 2.75) is 26.1 Å². The van der Waals surface area contributed by atoms with Crippen LogP contribution in [-0.4, -0.2) is 9.55 Å². The summed E-state index contributed by atoms with van der Waals surface area (Å²) in [4.78, 5) is 4.50. The first-order valence-corrected chi connectivity index (χ1v) is 6.84.